The highest BCUT2D eigenvalue weighted by molar-refractivity contribution is 5.33. The lowest BCUT2D eigenvalue weighted by Crippen LogP contribution is -2.33. The summed E-state index contributed by atoms with van der Waals surface area (Å²) in [6.07, 6.45) is 8.58. The van der Waals surface area contributed by atoms with Crippen LogP contribution in [0.15, 0.2) is 36.9 Å². The molecule has 0 bridgehead atoms. The van der Waals surface area contributed by atoms with Crippen molar-refractivity contribution < 1.29 is 4.74 Å². The summed E-state index contributed by atoms with van der Waals surface area (Å²) in [7, 11) is 0. The standard InChI is InChI=1S/C18H27NO/c1-3-13-20-18-12-8-7-10-16(18)14-19-17-11-6-4-5-9-15(17)2/h3,7-8,10,12,15,17,19H,1,4-6,9,11,13-14H2,2H3. The van der Waals surface area contributed by atoms with Crippen molar-refractivity contribution in [2.75, 3.05) is 6.61 Å². The summed E-state index contributed by atoms with van der Waals surface area (Å²) < 4.78 is 5.72. The van der Waals surface area contributed by atoms with E-state index in [1.54, 1.807) is 6.08 Å². The van der Waals surface area contributed by atoms with Crippen LogP contribution in [0, 0.1) is 5.92 Å². The number of nitrogens with one attached hydrogen (secondary N) is 1. The zero-order valence-corrected chi connectivity index (χ0v) is 12.6. The molecule has 1 aliphatic rings. The maximum atomic E-state index is 5.72. The summed E-state index contributed by atoms with van der Waals surface area (Å²) in [4.78, 5) is 0. The fraction of sp³-hybridized carbons (Fsp3) is 0.556. The van der Waals surface area contributed by atoms with Gasteiger partial charge in [-0.3, -0.25) is 0 Å². The third-order valence-corrected chi connectivity index (χ3v) is 4.25. The highest BCUT2D eigenvalue weighted by Crippen LogP contribution is 2.24. The van der Waals surface area contributed by atoms with Crippen LogP contribution < -0.4 is 10.1 Å². The fourth-order valence-electron chi connectivity index (χ4n) is 2.98. The highest BCUT2D eigenvalue weighted by atomic mass is 16.5. The first-order valence-corrected chi connectivity index (χ1v) is 7.86. The average Bonchev–Trinajstić information content (AvgIpc) is 2.68. The Balaban J connectivity index is 1.93. The molecule has 0 saturated heterocycles. The molecular weight excluding hydrogens is 246 g/mol. The Bertz CT molecular complexity index is 416. The molecule has 1 aromatic rings. The van der Waals surface area contributed by atoms with E-state index in [-0.39, 0.29) is 0 Å². The van der Waals surface area contributed by atoms with Gasteiger partial charge in [-0.1, -0.05) is 57.0 Å². The number of hydrogen-bond donors (Lipinski definition) is 1. The number of para-hydroxylation sites is 1. The Morgan fingerprint density at radius 2 is 2.05 bits per heavy atom. The van der Waals surface area contributed by atoms with Crippen molar-refractivity contribution in [3.05, 3.63) is 42.5 Å². The average molecular weight is 273 g/mol. The van der Waals surface area contributed by atoms with E-state index in [2.05, 4.69) is 31.0 Å². The lowest BCUT2D eigenvalue weighted by Gasteiger charge is -2.23. The summed E-state index contributed by atoms with van der Waals surface area (Å²) in [5.74, 6) is 1.75. The van der Waals surface area contributed by atoms with E-state index in [1.165, 1.54) is 37.7 Å². The topological polar surface area (TPSA) is 21.3 Å². The molecule has 2 heteroatoms. The SMILES string of the molecule is C=CCOc1ccccc1CNC1CCCCCC1C. The third kappa shape index (κ3) is 4.38. The molecule has 1 fully saturated rings. The number of benzene rings is 1. The summed E-state index contributed by atoms with van der Waals surface area (Å²) in [6.45, 7) is 7.54. The minimum atomic E-state index is 0.566. The van der Waals surface area contributed by atoms with Crippen LogP contribution >= 0.6 is 0 Å². The molecule has 1 saturated carbocycles. The predicted molar refractivity (Wildman–Crippen MR) is 85.0 cm³/mol. The Morgan fingerprint density at radius 1 is 1.25 bits per heavy atom. The molecule has 1 aliphatic carbocycles. The molecule has 20 heavy (non-hydrogen) atoms. The molecule has 0 aromatic heterocycles. The van der Waals surface area contributed by atoms with Gasteiger partial charge in [-0.25, -0.2) is 0 Å². The van der Waals surface area contributed by atoms with Crippen LogP contribution in [0.3, 0.4) is 0 Å². The first kappa shape index (κ1) is 15.1. The van der Waals surface area contributed by atoms with E-state index in [0.717, 1.165) is 18.2 Å². The second-order valence-corrected chi connectivity index (χ2v) is 5.81. The Labute approximate surface area is 123 Å². The summed E-state index contributed by atoms with van der Waals surface area (Å²) in [5.41, 5.74) is 1.24. The molecule has 2 nitrogen and oxygen atoms in total. The van der Waals surface area contributed by atoms with Crippen molar-refractivity contribution in [1.29, 1.82) is 0 Å². The Hall–Kier alpha value is -1.28. The van der Waals surface area contributed by atoms with Gasteiger partial charge in [-0.05, 0) is 24.8 Å². The molecule has 0 radical (unpaired) electrons. The molecule has 0 spiro atoms. The van der Waals surface area contributed by atoms with Crippen molar-refractivity contribution in [2.45, 2.75) is 51.6 Å². The van der Waals surface area contributed by atoms with Crippen molar-refractivity contribution in [3.8, 4) is 5.75 Å². The maximum Gasteiger partial charge on any atom is 0.124 e. The van der Waals surface area contributed by atoms with Gasteiger partial charge < -0.3 is 10.1 Å². The monoisotopic (exact) mass is 273 g/mol. The van der Waals surface area contributed by atoms with Crippen LogP contribution in [0.5, 0.6) is 5.75 Å². The molecule has 1 aromatic carbocycles. The number of ether oxygens (including phenoxy) is 1. The van der Waals surface area contributed by atoms with Crippen molar-refractivity contribution in [3.63, 3.8) is 0 Å². The summed E-state index contributed by atoms with van der Waals surface area (Å²) in [5, 5.41) is 3.74. The molecule has 0 heterocycles. The van der Waals surface area contributed by atoms with Crippen LogP contribution in [-0.2, 0) is 6.54 Å². The first-order valence-electron chi connectivity index (χ1n) is 7.86. The van der Waals surface area contributed by atoms with E-state index < -0.39 is 0 Å². The smallest absolute Gasteiger partial charge is 0.124 e. The quantitative estimate of drug-likeness (QED) is 0.616. The molecule has 0 aliphatic heterocycles. The predicted octanol–water partition coefficient (Wildman–Crippen LogP) is 4.31. The Morgan fingerprint density at radius 3 is 2.90 bits per heavy atom. The van der Waals surface area contributed by atoms with Crippen LogP contribution in [0.1, 0.15) is 44.6 Å². The summed E-state index contributed by atoms with van der Waals surface area (Å²) >= 11 is 0. The van der Waals surface area contributed by atoms with E-state index in [1.807, 2.05) is 12.1 Å². The maximum absolute atomic E-state index is 5.72. The van der Waals surface area contributed by atoms with Crippen molar-refractivity contribution in [1.82, 2.24) is 5.32 Å². The van der Waals surface area contributed by atoms with Gasteiger partial charge in [0.25, 0.3) is 0 Å². The number of rotatable bonds is 6. The van der Waals surface area contributed by atoms with Gasteiger partial charge >= 0.3 is 0 Å². The largest absolute Gasteiger partial charge is 0.489 e. The van der Waals surface area contributed by atoms with Crippen LogP contribution in [0.25, 0.3) is 0 Å². The van der Waals surface area contributed by atoms with Crippen molar-refractivity contribution >= 4 is 0 Å². The summed E-state index contributed by atoms with van der Waals surface area (Å²) in [6, 6.07) is 8.93. The Kier molecular flexibility index (Phi) is 6.13. The van der Waals surface area contributed by atoms with E-state index in [0.29, 0.717) is 12.6 Å². The van der Waals surface area contributed by atoms with Gasteiger partial charge in [0.2, 0.25) is 0 Å². The molecule has 2 rings (SSSR count). The van der Waals surface area contributed by atoms with Gasteiger partial charge in [-0.15, -0.1) is 0 Å². The van der Waals surface area contributed by atoms with Crippen LogP contribution in [0.2, 0.25) is 0 Å². The zero-order chi connectivity index (χ0) is 14.2. The number of hydrogen-bond acceptors (Lipinski definition) is 2. The normalized spacial score (nSPS) is 23.1. The lowest BCUT2D eigenvalue weighted by molar-refractivity contribution is 0.340. The fourth-order valence-corrected chi connectivity index (χ4v) is 2.98. The minimum absolute atomic E-state index is 0.566. The molecule has 2 atom stereocenters. The van der Waals surface area contributed by atoms with Crippen molar-refractivity contribution in [2.24, 2.45) is 5.92 Å². The van der Waals surface area contributed by atoms with Gasteiger partial charge in [0.1, 0.15) is 12.4 Å². The van der Waals surface area contributed by atoms with E-state index in [9.17, 15) is 0 Å². The van der Waals surface area contributed by atoms with Crippen LogP contribution in [-0.4, -0.2) is 12.6 Å². The molecule has 1 N–H and O–H groups in total. The van der Waals surface area contributed by atoms with E-state index in [4.69, 9.17) is 4.74 Å². The zero-order valence-electron chi connectivity index (χ0n) is 12.6. The third-order valence-electron chi connectivity index (χ3n) is 4.25. The highest BCUT2D eigenvalue weighted by Gasteiger charge is 2.19. The van der Waals surface area contributed by atoms with Crippen LogP contribution in [0.4, 0.5) is 0 Å². The lowest BCUT2D eigenvalue weighted by atomic mass is 9.97. The molecular formula is C18H27NO. The minimum Gasteiger partial charge on any atom is -0.489 e. The second-order valence-electron chi connectivity index (χ2n) is 5.81. The van der Waals surface area contributed by atoms with Gasteiger partial charge in [0, 0.05) is 18.2 Å². The first-order chi connectivity index (χ1) is 9.81. The molecule has 110 valence electrons. The molecule has 0 amide bonds. The van der Waals surface area contributed by atoms with Gasteiger partial charge in [-0.2, -0.15) is 0 Å². The van der Waals surface area contributed by atoms with Gasteiger partial charge in [0.05, 0.1) is 0 Å². The van der Waals surface area contributed by atoms with Gasteiger partial charge in [0.15, 0.2) is 0 Å². The second kappa shape index (κ2) is 8.11. The van der Waals surface area contributed by atoms with E-state index >= 15 is 0 Å². The molecule has 2 unspecified atom stereocenters.